The summed E-state index contributed by atoms with van der Waals surface area (Å²) in [6, 6.07) is 7.75. The summed E-state index contributed by atoms with van der Waals surface area (Å²) >= 11 is 0. The number of hydrogen-bond donors (Lipinski definition) is 0. The second-order valence-electron chi connectivity index (χ2n) is 4.18. The number of fused-ring (bicyclic) bond motifs is 1. The first-order valence-electron chi connectivity index (χ1n) is 6.17. The van der Waals surface area contributed by atoms with Gasteiger partial charge in [-0.2, -0.15) is 0 Å². The Labute approximate surface area is 107 Å². The zero-order chi connectivity index (χ0) is 13.0. The van der Waals surface area contributed by atoms with Gasteiger partial charge in [0.25, 0.3) is 0 Å². The minimum atomic E-state index is -0.315. The second kappa shape index (κ2) is 5.54. The zero-order valence-electron chi connectivity index (χ0n) is 10.6. The van der Waals surface area contributed by atoms with Gasteiger partial charge in [-0.3, -0.25) is 4.57 Å². The van der Waals surface area contributed by atoms with E-state index in [4.69, 9.17) is 4.74 Å². The van der Waals surface area contributed by atoms with Gasteiger partial charge >= 0.3 is 6.09 Å². The SMILES string of the molecule is C=Cc1ccc2c(ccn2C(=O)OCCCC)c1. The molecule has 0 radical (unpaired) electrons. The summed E-state index contributed by atoms with van der Waals surface area (Å²) < 4.78 is 6.73. The van der Waals surface area contributed by atoms with Crippen molar-refractivity contribution in [3.05, 3.63) is 42.6 Å². The molecule has 3 nitrogen and oxygen atoms in total. The van der Waals surface area contributed by atoms with Gasteiger partial charge in [0.1, 0.15) is 0 Å². The Hall–Kier alpha value is -2.03. The van der Waals surface area contributed by atoms with Crippen molar-refractivity contribution in [3.63, 3.8) is 0 Å². The van der Waals surface area contributed by atoms with Crippen LogP contribution in [-0.4, -0.2) is 17.3 Å². The quantitative estimate of drug-likeness (QED) is 0.758. The first-order valence-corrected chi connectivity index (χ1v) is 6.17. The fourth-order valence-corrected chi connectivity index (χ4v) is 1.82. The number of nitrogens with zero attached hydrogens (tertiary/aromatic N) is 1. The van der Waals surface area contributed by atoms with Gasteiger partial charge in [0.2, 0.25) is 0 Å². The normalized spacial score (nSPS) is 10.5. The lowest BCUT2D eigenvalue weighted by Crippen LogP contribution is -2.13. The highest BCUT2D eigenvalue weighted by molar-refractivity contribution is 5.90. The molecule has 0 spiro atoms. The number of ether oxygens (including phenoxy) is 1. The fraction of sp³-hybridized carbons (Fsp3) is 0.267. The zero-order valence-corrected chi connectivity index (χ0v) is 10.6. The number of benzene rings is 1. The van der Waals surface area contributed by atoms with E-state index in [0.717, 1.165) is 29.3 Å². The van der Waals surface area contributed by atoms with E-state index < -0.39 is 0 Å². The van der Waals surface area contributed by atoms with Crippen LogP contribution >= 0.6 is 0 Å². The molecule has 0 fully saturated rings. The lowest BCUT2D eigenvalue weighted by atomic mass is 10.1. The summed E-state index contributed by atoms with van der Waals surface area (Å²) in [5.41, 5.74) is 1.90. The maximum atomic E-state index is 11.9. The molecule has 18 heavy (non-hydrogen) atoms. The summed E-state index contributed by atoms with van der Waals surface area (Å²) in [6.07, 6.45) is 5.13. The van der Waals surface area contributed by atoms with Crippen LogP contribution in [0.2, 0.25) is 0 Å². The van der Waals surface area contributed by atoms with Crippen LogP contribution in [0.1, 0.15) is 25.3 Å². The standard InChI is InChI=1S/C15H17NO2/c1-3-5-10-18-15(17)16-9-8-13-11-12(4-2)6-7-14(13)16/h4,6-9,11H,2-3,5,10H2,1H3. The van der Waals surface area contributed by atoms with Crippen molar-refractivity contribution in [2.45, 2.75) is 19.8 Å². The molecule has 2 rings (SSSR count). The molecule has 1 heterocycles. The lowest BCUT2D eigenvalue weighted by Gasteiger charge is -2.05. The third-order valence-electron chi connectivity index (χ3n) is 2.87. The number of carbonyl (C=O) groups excluding carboxylic acids is 1. The van der Waals surface area contributed by atoms with Crippen molar-refractivity contribution in [1.82, 2.24) is 4.57 Å². The predicted molar refractivity (Wildman–Crippen MR) is 73.7 cm³/mol. The number of aromatic nitrogens is 1. The highest BCUT2D eigenvalue weighted by atomic mass is 16.5. The Bertz CT molecular complexity index is 569. The minimum absolute atomic E-state index is 0.315. The van der Waals surface area contributed by atoms with Crippen molar-refractivity contribution in [2.24, 2.45) is 0 Å². The highest BCUT2D eigenvalue weighted by Gasteiger charge is 2.09. The summed E-state index contributed by atoms with van der Waals surface area (Å²) in [7, 11) is 0. The van der Waals surface area contributed by atoms with E-state index in [1.54, 1.807) is 12.3 Å². The van der Waals surface area contributed by atoms with E-state index >= 15 is 0 Å². The molecule has 0 unspecified atom stereocenters. The van der Waals surface area contributed by atoms with Crippen LogP contribution in [-0.2, 0) is 4.74 Å². The smallest absolute Gasteiger partial charge is 0.418 e. The van der Waals surface area contributed by atoms with Gasteiger partial charge in [-0.15, -0.1) is 0 Å². The average Bonchev–Trinajstić information content (AvgIpc) is 2.81. The van der Waals surface area contributed by atoms with Crippen molar-refractivity contribution in [2.75, 3.05) is 6.61 Å². The predicted octanol–water partition coefficient (Wildman–Crippen LogP) is 4.07. The first kappa shape index (κ1) is 12.4. The Morgan fingerprint density at radius 2 is 2.28 bits per heavy atom. The highest BCUT2D eigenvalue weighted by Crippen LogP contribution is 2.18. The molecular weight excluding hydrogens is 226 g/mol. The fourth-order valence-electron chi connectivity index (χ4n) is 1.82. The molecule has 0 atom stereocenters. The van der Waals surface area contributed by atoms with Crippen molar-refractivity contribution in [1.29, 1.82) is 0 Å². The third kappa shape index (κ3) is 2.45. The molecule has 1 aromatic carbocycles. The third-order valence-corrected chi connectivity index (χ3v) is 2.87. The van der Waals surface area contributed by atoms with Crippen LogP contribution < -0.4 is 0 Å². The second-order valence-corrected chi connectivity index (χ2v) is 4.18. The maximum Gasteiger partial charge on any atom is 0.418 e. The molecule has 0 saturated carbocycles. The summed E-state index contributed by atoms with van der Waals surface area (Å²) in [5, 5.41) is 1.01. The molecular formula is C15H17NO2. The molecule has 0 N–H and O–H groups in total. The van der Waals surface area contributed by atoms with Gasteiger partial charge in [0, 0.05) is 11.6 Å². The van der Waals surface area contributed by atoms with Crippen molar-refractivity contribution < 1.29 is 9.53 Å². The summed E-state index contributed by atoms with van der Waals surface area (Å²) in [4.78, 5) is 11.9. The van der Waals surface area contributed by atoms with Gasteiger partial charge in [0.15, 0.2) is 0 Å². The largest absolute Gasteiger partial charge is 0.449 e. The number of rotatable bonds is 4. The molecule has 1 aromatic heterocycles. The minimum Gasteiger partial charge on any atom is -0.449 e. The molecule has 3 heteroatoms. The molecule has 2 aromatic rings. The molecule has 94 valence electrons. The molecule has 0 aliphatic heterocycles. The number of unbranched alkanes of at least 4 members (excludes halogenated alkanes) is 1. The molecule has 0 bridgehead atoms. The summed E-state index contributed by atoms with van der Waals surface area (Å²) in [6.45, 7) is 6.27. The van der Waals surface area contributed by atoms with Crippen LogP contribution in [0, 0.1) is 0 Å². The lowest BCUT2D eigenvalue weighted by molar-refractivity contribution is 0.147. The van der Waals surface area contributed by atoms with Gasteiger partial charge in [0.05, 0.1) is 12.1 Å². The van der Waals surface area contributed by atoms with Gasteiger partial charge < -0.3 is 4.74 Å². The van der Waals surface area contributed by atoms with E-state index in [2.05, 4.69) is 13.5 Å². The summed E-state index contributed by atoms with van der Waals surface area (Å²) in [5.74, 6) is 0. The van der Waals surface area contributed by atoms with Crippen molar-refractivity contribution in [3.8, 4) is 0 Å². The average molecular weight is 243 g/mol. The van der Waals surface area contributed by atoms with Crippen LogP contribution in [0.3, 0.4) is 0 Å². The van der Waals surface area contributed by atoms with E-state index in [1.165, 1.54) is 4.57 Å². The van der Waals surface area contributed by atoms with Crippen LogP contribution in [0.15, 0.2) is 37.0 Å². The molecule has 0 aliphatic carbocycles. The van der Waals surface area contributed by atoms with E-state index in [9.17, 15) is 4.79 Å². The first-order chi connectivity index (χ1) is 8.76. The topological polar surface area (TPSA) is 31.2 Å². The molecule has 0 saturated heterocycles. The van der Waals surface area contributed by atoms with E-state index in [0.29, 0.717) is 6.61 Å². The van der Waals surface area contributed by atoms with Crippen LogP contribution in [0.25, 0.3) is 17.0 Å². The molecule has 0 amide bonds. The van der Waals surface area contributed by atoms with Crippen LogP contribution in [0.5, 0.6) is 0 Å². The van der Waals surface area contributed by atoms with Gasteiger partial charge in [-0.1, -0.05) is 32.1 Å². The van der Waals surface area contributed by atoms with Crippen molar-refractivity contribution >= 4 is 23.1 Å². The van der Waals surface area contributed by atoms with Gasteiger partial charge in [-0.25, -0.2) is 4.79 Å². The van der Waals surface area contributed by atoms with Gasteiger partial charge in [-0.05, 0) is 30.2 Å². The Morgan fingerprint density at radius 1 is 1.44 bits per heavy atom. The monoisotopic (exact) mass is 243 g/mol. The van der Waals surface area contributed by atoms with E-state index in [1.807, 2.05) is 24.3 Å². The van der Waals surface area contributed by atoms with Crippen LogP contribution in [0.4, 0.5) is 4.79 Å². The molecule has 0 aliphatic rings. The maximum absolute atomic E-state index is 11.9. The van der Waals surface area contributed by atoms with E-state index in [-0.39, 0.29) is 6.09 Å². The Kier molecular flexibility index (Phi) is 3.82. The Balaban J connectivity index is 2.23. The number of carbonyl (C=O) groups is 1. The Morgan fingerprint density at radius 3 is 3.00 bits per heavy atom. The number of hydrogen-bond acceptors (Lipinski definition) is 2.